The van der Waals surface area contributed by atoms with Crippen molar-refractivity contribution in [3.8, 4) is 0 Å². The molecule has 1 spiro atoms. The third kappa shape index (κ3) is 2.24. The van der Waals surface area contributed by atoms with Gasteiger partial charge in [-0.25, -0.2) is 0 Å². The lowest BCUT2D eigenvalue weighted by Gasteiger charge is -2.51. The average Bonchev–Trinajstić information content (AvgIpc) is 4.10. The van der Waals surface area contributed by atoms with Crippen LogP contribution in [0, 0.1) is 29.1 Å². The highest BCUT2D eigenvalue weighted by Gasteiger charge is 2.80. The van der Waals surface area contributed by atoms with Crippen LogP contribution in [0.25, 0.3) is 70.6 Å². The van der Waals surface area contributed by atoms with Crippen molar-refractivity contribution in [2.24, 2.45) is 29.1 Å². The van der Waals surface area contributed by atoms with Gasteiger partial charge < -0.3 is 4.74 Å². The molecule has 0 amide bonds. The minimum atomic E-state index is -0.267. The van der Waals surface area contributed by atoms with Crippen molar-refractivity contribution in [3.05, 3.63) is 145 Å². The molecule has 0 aromatic heterocycles. The normalized spacial score (nSPS) is 34.0. The molecule has 9 unspecified atom stereocenters. The first-order chi connectivity index (χ1) is 28.2. The number of hydrogen-bond donors (Lipinski definition) is 0. The Morgan fingerprint density at radius 2 is 1.56 bits per heavy atom. The molecule has 0 N–H and O–H groups in total. The van der Waals surface area contributed by atoms with E-state index in [9.17, 15) is 4.79 Å². The van der Waals surface area contributed by atoms with Gasteiger partial charge >= 0.3 is 5.97 Å². The maximum absolute atomic E-state index is 13.4. The molecule has 2 saturated carbocycles. The van der Waals surface area contributed by atoms with Crippen LogP contribution in [0.1, 0.15) is 84.6 Å². The van der Waals surface area contributed by atoms with E-state index in [1.807, 2.05) is 0 Å². The van der Waals surface area contributed by atoms with Gasteiger partial charge in [0.15, 0.2) is 0 Å². The van der Waals surface area contributed by atoms with Crippen LogP contribution in [-0.2, 0) is 14.9 Å². The Bertz CT molecular complexity index is 3700. The van der Waals surface area contributed by atoms with Crippen molar-refractivity contribution < 1.29 is 9.53 Å². The largest absolute Gasteiger partial charge is 0.466 e. The molecule has 9 atom stereocenters. The van der Waals surface area contributed by atoms with E-state index in [0.717, 1.165) is 25.7 Å². The first-order valence-corrected chi connectivity index (χ1v) is 21.9. The molecule has 18 rings (SSSR count). The highest BCUT2D eigenvalue weighted by Crippen LogP contribution is 2.87. The van der Waals surface area contributed by atoms with Crippen LogP contribution in [0.15, 0.2) is 107 Å². The maximum Gasteiger partial charge on any atom is 0.305 e. The number of esters is 1. The summed E-state index contributed by atoms with van der Waals surface area (Å²) in [6.07, 6.45) is 12.0. The SMILES string of the molecule is CCCCOC(=O)CCCC1(c2ccccc2)C2=C3C4=C=CC5c6ccc7c8ccc9c%10c%11c%12c%13c%14c%15c(c6c7c(c%12%15)c%108)C5C4C=%14C3C13C(=C2)C1C=C=C9C%11C1C=%133. The number of ether oxygens (including phenoxy) is 1. The summed E-state index contributed by atoms with van der Waals surface area (Å²) in [5, 5.41) is 19.0. The van der Waals surface area contributed by atoms with Gasteiger partial charge in [-0.1, -0.05) is 74.0 Å². The van der Waals surface area contributed by atoms with E-state index < -0.39 is 0 Å². The highest BCUT2D eigenvalue weighted by molar-refractivity contribution is 6.47. The lowest BCUT2D eigenvalue weighted by molar-refractivity contribution is -0.143. The smallest absolute Gasteiger partial charge is 0.305 e. The van der Waals surface area contributed by atoms with Crippen LogP contribution in [0.3, 0.4) is 0 Å². The minimum Gasteiger partial charge on any atom is -0.466 e. The number of fused-ring (bicyclic) bond motifs is 6. The summed E-state index contributed by atoms with van der Waals surface area (Å²) in [6.45, 7) is 2.69. The third-order valence-electron chi connectivity index (χ3n) is 18.5. The molecule has 57 heavy (non-hydrogen) atoms. The monoisotopic (exact) mass is 726 g/mol. The molecule has 0 heterocycles. The quantitative estimate of drug-likeness (QED) is 0.0675. The second-order valence-electron chi connectivity index (χ2n) is 19.7. The lowest BCUT2D eigenvalue weighted by atomic mass is 9.49. The van der Waals surface area contributed by atoms with Crippen molar-refractivity contribution in [2.45, 2.75) is 62.2 Å². The van der Waals surface area contributed by atoms with Crippen LogP contribution < -0.4 is 10.4 Å². The van der Waals surface area contributed by atoms with E-state index in [1.165, 1.54) is 33.0 Å². The van der Waals surface area contributed by atoms with Crippen LogP contribution in [0.4, 0.5) is 0 Å². The first kappa shape index (κ1) is 27.9. The number of hydrogen-bond acceptors (Lipinski definition) is 2. The summed E-state index contributed by atoms with van der Waals surface area (Å²) in [6, 6.07) is 21.7. The highest BCUT2D eigenvalue weighted by atomic mass is 16.5. The van der Waals surface area contributed by atoms with E-state index in [0.29, 0.717) is 54.5 Å². The number of rotatable bonds is 8. The number of allylic oxidation sites excluding steroid dienone is 6. The van der Waals surface area contributed by atoms with Crippen molar-refractivity contribution in [3.63, 3.8) is 0 Å². The van der Waals surface area contributed by atoms with Crippen LogP contribution >= 0.6 is 0 Å². The molecule has 2 heteroatoms. The zero-order chi connectivity index (χ0) is 36.3. The Kier molecular flexibility index (Phi) is 3.94. The summed E-state index contributed by atoms with van der Waals surface area (Å²) in [7, 11) is 0. The van der Waals surface area contributed by atoms with Gasteiger partial charge in [0.1, 0.15) is 0 Å². The zero-order valence-corrected chi connectivity index (χ0v) is 31.5. The fourth-order valence-corrected chi connectivity index (χ4v) is 17.6. The average molecular weight is 727 g/mol. The number of benzene rings is 5. The second kappa shape index (κ2) is 8.06. The number of carbonyl (C=O) groups is 1. The Morgan fingerprint density at radius 3 is 2.46 bits per heavy atom. The molecule has 0 saturated heterocycles. The molecule has 0 aliphatic heterocycles. The van der Waals surface area contributed by atoms with Gasteiger partial charge in [0.05, 0.1) is 6.61 Å². The predicted octanol–water partition coefficient (Wildman–Crippen LogP) is 10.2. The van der Waals surface area contributed by atoms with Crippen molar-refractivity contribution in [1.82, 2.24) is 0 Å². The number of unbranched alkanes of at least 4 members (excludes halogenated alkanes) is 1. The first-order valence-electron chi connectivity index (χ1n) is 21.9. The Labute approximate surface area is 327 Å². The minimum absolute atomic E-state index is 0.0372. The molecule has 0 radical (unpaired) electrons. The summed E-state index contributed by atoms with van der Waals surface area (Å²) in [4.78, 5) is 13.4. The third-order valence-corrected chi connectivity index (χ3v) is 18.5. The van der Waals surface area contributed by atoms with Crippen molar-refractivity contribution in [1.29, 1.82) is 0 Å². The van der Waals surface area contributed by atoms with Gasteiger partial charge in [0.25, 0.3) is 0 Å². The standard InChI is InChI=1S/C55H34O2/c1-2-3-20-57-33(56)10-7-19-54(22-8-5-4-6-9-22)32-21-31-29-17-15-28-26-14-13-24-23-11-12-25-27-16-18-30-34(32)52-50-41(30)39(27)44-36(25)35(23)43-37(24)38(26)45-40(28)42(29)53(55(31,52)54)51-48(45)46(43)47(44)49(50)51/h4-6,8-9,11-14,16-17,21,27,29,39-42,52H,2-3,7,10,19-20H2,1H3. The van der Waals surface area contributed by atoms with Crippen molar-refractivity contribution in [2.75, 3.05) is 6.61 Å². The van der Waals surface area contributed by atoms with Gasteiger partial charge in [-0.2, -0.15) is 0 Å². The molecule has 266 valence electrons. The molecule has 11 aliphatic rings. The predicted molar refractivity (Wildman–Crippen MR) is 224 cm³/mol. The fourth-order valence-electron chi connectivity index (χ4n) is 17.6. The summed E-state index contributed by atoms with van der Waals surface area (Å²) in [5.41, 5.74) is 26.9. The Morgan fingerprint density at radius 1 is 0.754 bits per heavy atom. The fraction of sp³-hybridized carbons (Fsp3) is 0.291. The van der Waals surface area contributed by atoms with E-state index >= 15 is 0 Å². The number of carbonyl (C=O) groups excluding carboxylic acids is 1. The van der Waals surface area contributed by atoms with Gasteiger partial charge in [-0.05, 0) is 151 Å². The molecular formula is C55H34O2. The van der Waals surface area contributed by atoms with E-state index in [-0.39, 0.29) is 16.8 Å². The van der Waals surface area contributed by atoms with Gasteiger partial charge in [0, 0.05) is 69.8 Å². The van der Waals surface area contributed by atoms with Crippen molar-refractivity contribution >= 4 is 76.6 Å². The van der Waals surface area contributed by atoms with Crippen LogP contribution in [0.2, 0.25) is 0 Å². The molecule has 11 aliphatic carbocycles. The topological polar surface area (TPSA) is 26.3 Å². The molecule has 2 bridgehead atoms. The Hall–Kier alpha value is -5.65. The van der Waals surface area contributed by atoms with Crippen LogP contribution in [-0.4, -0.2) is 12.6 Å². The summed E-state index contributed by atoms with van der Waals surface area (Å²) < 4.78 is 5.81. The molecule has 2 nitrogen and oxygen atoms in total. The summed E-state index contributed by atoms with van der Waals surface area (Å²) in [5.74, 6) is 2.51. The van der Waals surface area contributed by atoms with Gasteiger partial charge in [0.2, 0.25) is 0 Å². The molecule has 2 fully saturated rings. The van der Waals surface area contributed by atoms with Crippen LogP contribution in [0.5, 0.6) is 0 Å². The molecule has 7 aromatic carbocycles. The van der Waals surface area contributed by atoms with E-state index in [4.69, 9.17) is 4.74 Å². The zero-order valence-electron chi connectivity index (χ0n) is 31.5. The molecule has 7 aromatic rings. The van der Waals surface area contributed by atoms with Gasteiger partial charge in [-0.3, -0.25) is 4.79 Å². The van der Waals surface area contributed by atoms with Gasteiger partial charge in [-0.15, -0.1) is 11.5 Å². The Balaban J connectivity index is 1.08. The second-order valence-corrected chi connectivity index (χ2v) is 19.7. The summed E-state index contributed by atoms with van der Waals surface area (Å²) >= 11 is 0. The lowest BCUT2D eigenvalue weighted by Crippen LogP contribution is -2.53. The van der Waals surface area contributed by atoms with E-state index in [1.54, 1.807) is 98.1 Å². The molecular weight excluding hydrogens is 693 g/mol. The maximum atomic E-state index is 13.4. The van der Waals surface area contributed by atoms with E-state index in [2.05, 4.69) is 91.2 Å².